The molecule has 9 heteroatoms. The molecule has 8 nitrogen and oxygen atoms in total. The Morgan fingerprint density at radius 1 is 1.03 bits per heavy atom. The van der Waals surface area contributed by atoms with E-state index < -0.39 is 0 Å². The van der Waals surface area contributed by atoms with Gasteiger partial charge in [-0.3, -0.25) is 10.1 Å². The summed E-state index contributed by atoms with van der Waals surface area (Å²) in [6.07, 6.45) is 7.65. The molecule has 0 atom stereocenters. The highest BCUT2D eigenvalue weighted by molar-refractivity contribution is 7.13. The second kappa shape index (κ2) is 8.85. The highest BCUT2D eigenvalue weighted by Gasteiger charge is 2.18. The van der Waals surface area contributed by atoms with E-state index in [0.717, 1.165) is 82.0 Å². The van der Waals surface area contributed by atoms with E-state index in [4.69, 9.17) is 9.72 Å². The zero-order chi connectivity index (χ0) is 23.9. The summed E-state index contributed by atoms with van der Waals surface area (Å²) >= 11 is 1.72. The van der Waals surface area contributed by atoms with E-state index in [1.54, 1.807) is 17.5 Å². The van der Waals surface area contributed by atoms with Gasteiger partial charge in [-0.25, -0.2) is 9.97 Å². The van der Waals surface area contributed by atoms with Crippen molar-refractivity contribution in [1.29, 1.82) is 0 Å². The Balaban J connectivity index is 1.26. The number of aromatic amines is 2. The lowest BCUT2D eigenvalue weighted by Gasteiger charge is -2.23. The summed E-state index contributed by atoms with van der Waals surface area (Å²) in [6, 6.07) is 14.4. The van der Waals surface area contributed by atoms with E-state index in [2.05, 4.69) is 60.1 Å². The van der Waals surface area contributed by atoms with Crippen molar-refractivity contribution in [1.82, 2.24) is 35.5 Å². The van der Waals surface area contributed by atoms with E-state index in [9.17, 15) is 0 Å². The molecular formula is C27H23N7OS. The Bertz CT molecular complexity index is 1660. The van der Waals surface area contributed by atoms with Crippen LogP contribution in [0.2, 0.25) is 0 Å². The van der Waals surface area contributed by atoms with Gasteiger partial charge >= 0.3 is 0 Å². The van der Waals surface area contributed by atoms with E-state index >= 15 is 0 Å². The molecule has 36 heavy (non-hydrogen) atoms. The van der Waals surface area contributed by atoms with Gasteiger partial charge in [-0.1, -0.05) is 6.07 Å². The molecule has 0 unspecified atom stereocenters. The fourth-order valence-corrected chi connectivity index (χ4v) is 5.54. The molecule has 6 aromatic heterocycles. The molecule has 1 saturated heterocycles. The SMILES string of the molecule is c1csc(-c2ccnc3[nH]c(-c4n[nH]c5ccc(-c6cncc(OC7CCNCC7)c6)nc45)cc23)c1. The number of fused-ring (bicyclic) bond motifs is 2. The van der Waals surface area contributed by atoms with Gasteiger partial charge in [0.2, 0.25) is 0 Å². The number of rotatable bonds is 5. The molecule has 0 saturated carbocycles. The molecule has 1 aliphatic rings. The van der Waals surface area contributed by atoms with Crippen molar-refractivity contribution in [3.05, 3.63) is 66.4 Å². The van der Waals surface area contributed by atoms with Crippen LogP contribution >= 0.6 is 11.3 Å². The van der Waals surface area contributed by atoms with Crippen LogP contribution in [-0.2, 0) is 0 Å². The first-order valence-corrected chi connectivity index (χ1v) is 12.9. The summed E-state index contributed by atoms with van der Waals surface area (Å²) in [7, 11) is 0. The van der Waals surface area contributed by atoms with Crippen molar-refractivity contribution in [3.63, 3.8) is 0 Å². The lowest BCUT2D eigenvalue weighted by molar-refractivity contribution is 0.162. The van der Waals surface area contributed by atoms with Gasteiger partial charge in [-0.05, 0) is 67.7 Å². The second-order valence-corrected chi connectivity index (χ2v) is 9.87. The third kappa shape index (κ3) is 3.82. The topological polar surface area (TPSA) is 104 Å². The van der Waals surface area contributed by atoms with Gasteiger partial charge in [-0.2, -0.15) is 5.10 Å². The molecule has 1 aliphatic heterocycles. The van der Waals surface area contributed by atoms with Crippen molar-refractivity contribution in [3.8, 4) is 38.8 Å². The number of aromatic nitrogens is 6. The van der Waals surface area contributed by atoms with Crippen LogP contribution in [0.15, 0.2) is 66.4 Å². The number of pyridine rings is 3. The predicted octanol–water partition coefficient (Wildman–Crippen LogP) is 5.42. The maximum absolute atomic E-state index is 6.20. The molecule has 0 bridgehead atoms. The molecule has 0 aliphatic carbocycles. The van der Waals surface area contributed by atoms with Gasteiger partial charge in [-0.15, -0.1) is 11.3 Å². The van der Waals surface area contributed by atoms with Crippen molar-refractivity contribution in [2.45, 2.75) is 18.9 Å². The molecule has 7 heterocycles. The van der Waals surface area contributed by atoms with Crippen molar-refractivity contribution in [2.24, 2.45) is 0 Å². The van der Waals surface area contributed by atoms with Crippen LogP contribution in [0.1, 0.15) is 12.8 Å². The van der Waals surface area contributed by atoms with Crippen LogP contribution in [0.4, 0.5) is 0 Å². The summed E-state index contributed by atoms with van der Waals surface area (Å²) < 4.78 is 6.20. The maximum atomic E-state index is 6.20. The molecule has 0 radical (unpaired) electrons. The minimum Gasteiger partial charge on any atom is -0.489 e. The van der Waals surface area contributed by atoms with Gasteiger partial charge in [0.15, 0.2) is 0 Å². The van der Waals surface area contributed by atoms with Crippen molar-refractivity contribution >= 4 is 33.4 Å². The number of hydrogen-bond donors (Lipinski definition) is 3. The lowest BCUT2D eigenvalue weighted by Crippen LogP contribution is -2.34. The summed E-state index contributed by atoms with van der Waals surface area (Å²) in [4.78, 5) is 18.6. The molecule has 6 aromatic rings. The number of nitrogens with zero attached hydrogens (tertiary/aromatic N) is 4. The number of hydrogen-bond acceptors (Lipinski definition) is 7. The third-order valence-electron chi connectivity index (χ3n) is 6.58. The monoisotopic (exact) mass is 493 g/mol. The first-order chi connectivity index (χ1) is 17.8. The normalized spacial score (nSPS) is 14.6. The van der Waals surface area contributed by atoms with Gasteiger partial charge < -0.3 is 15.0 Å². The van der Waals surface area contributed by atoms with Crippen LogP contribution in [0.5, 0.6) is 5.75 Å². The molecule has 0 spiro atoms. The fourth-order valence-electron chi connectivity index (χ4n) is 4.78. The smallest absolute Gasteiger partial charge is 0.138 e. The predicted molar refractivity (Wildman–Crippen MR) is 142 cm³/mol. The summed E-state index contributed by atoms with van der Waals surface area (Å²) in [6.45, 7) is 1.97. The number of thiophene rings is 1. The molecule has 3 N–H and O–H groups in total. The third-order valence-corrected chi connectivity index (χ3v) is 7.48. The van der Waals surface area contributed by atoms with E-state index in [1.807, 2.05) is 30.6 Å². The highest BCUT2D eigenvalue weighted by Crippen LogP contribution is 2.35. The van der Waals surface area contributed by atoms with Crippen LogP contribution < -0.4 is 10.1 Å². The Hall–Kier alpha value is -4.08. The summed E-state index contributed by atoms with van der Waals surface area (Å²) in [5, 5.41) is 14.2. The molecular weight excluding hydrogens is 470 g/mol. The van der Waals surface area contributed by atoms with E-state index in [0.29, 0.717) is 0 Å². The van der Waals surface area contributed by atoms with Crippen LogP contribution in [-0.4, -0.2) is 49.3 Å². The van der Waals surface area contributed by atoms with Crippen LogP contribution in [0.3, 0.4) is 0 Å². The Morgan fingerprint density at radius 2 is 1.97 bits per heavy atom. The first kappa shape index (κ1) is 21.2. The number of piperidine rings is 1. The lowest BCUT2D eigenvalue weighted by atomic mass is 10.1. The number of nitrogens with one attached hydrogen (secondary N) is 3. The number of H-pyrrole nitrogens is 2. The Morgan fingerprint density at radius 3 is 2.86 bits per heavy atom. The van der Waals surface area contributed by atoms with Gasteiger partial charge in [0.25, 0.3) is 0 Å². The van der Waals surface area contributed by atoms with Crippen molar-refractivity contribution < 1.29 is 4.74 Å². The standard InChI is InChI=1S/C27H23N7OS/c1-2-24(36-11-1)19-7-10-30-27-20(19)13-23(32-27)26-25-22(33-34-26)4-3-21(31-25)16-12-18(15-29-14-16)35-17-5-8-28-9-6-17/h1-4,7,10-15,17,28H,5-6,8-9H2,(H,30,32)(H,33,34). The van der Waals surface area contributed by atoms with Gasteiger partial charge in [0, 0.05) is 33.8 Å². The zero-order valence-electron chi connectivity index (χ0n) is 19.4. The van der Waals surface area contributed by atoms with Crippen LogP contribution in [0, 0.1) is 0 Å². The zero-order valence-corrected chi connectivity index (χ0v) is 20.2. The largest absolute Gasteiger partial charge is 0.489 e. The Kier molecular flexibility index (Phi) is 5.22. The van der Waals surface area contributed by atoms with Gasteiger partial charge in [0.05, 0.1) is 23.1 Å². The fraction of sp³-hybridized carbons (Fsp3) is 0.185. The summed E-state index contributed by atoms with van der Waals surface area (Å²) in [5.41, 5.74) is 7.01. The number of ether oxygens (including phenoxy) is 1. The molecule has 1 fully saturated rings. The highest BCUT2D eigenvalue weighted by atomic mass is 32.1. The minimum absolute atomic E-state index is 0.217. The average Bonchev–Trinajstić information content (AvgIpc) is 3.68. The summed E-state index contributed by atoms with van der Waals surface area (Å²) in [5.74, 6) is 0.775. The van der Waals surface area contributed by atoms with Crippen molar-refractivity contribution in [2.75, 3.05) is 13.1 Å². The molecule has 0 amide bonds. The quantitative estimate of drug-likeness (QED) is 0.296. The molecule has 0 aromatic carbocycles. The van der Waals surface area contributed by atoms with E-state index in [-0.39, 0.29) is 6.10 Å². The second-order valence-electron chi connectivity index (χ2n) is 8.92. The maximum Gasteiger partial charge on any atom is 0.138 e. The minimum atomic E-state index is 0.217. The van der Waals surface area contributed by atoms with Gasteiger partial charge in [0.1, 0.15) is 28.7 Å². The van der Waals surface area contributed by atoms with Crippen LogP contribution in [0.25, 0.3) is 55.2 Å². The molecule has 7 rings (SSSR count). The molecule has 178 valence electrons. The van der Waals surface area contributed by atoms with E-state index in [1.165, 1.54) is 4.88 Å². The first-order valence-electron chi connectivity index (χ1n) is 12.0. The average molecular weight is 494 g/mol. The Labute approximate surface area is 210 Å².